The maximum absolute atomic E-state index is 12.3. The second-order valence-corrected chi connectivity index (χ2v) is 10.6. The van der Waals surface area contributed by atoms with Crippen LogP contribution in [0.5, 0.6) is 0 Å². The van der Waals surface area contributed by atoms with Crippen molar-refractivity contribution in [2.24, 2.45) is 10.3 Å². The third-order valence-corrected chi connectivity index (χ3v) is 7.25. The minimum atomic E-state index is -4.07. The Hall–Kier alpha value is -2.97. The number of nitrogens with one attached hydrogen (secondary N) is 2. The van der Waals surface area contributed by atoms with Gasteiger partial charge in [0.25, 0.3) is 31.9 Å². The minimum absolute atomic E-state index is 0.148. The number of aromatic nitrogens is 5. The van der Waals surface area contributed by atoms with Crippen LogP contribution in [0.1, 0.15) is 21.0 Å². The average molecular weight is 492 g/mol. The van der Waals surface area contributed by atoms with Crippen LogP contribution in [0.4, 0.5) is 10.3 Å². The first-order valence-electron chi connectivity index (χ1n) is 7.26. The number of pyridine rings is 1. The van der Waals surface area contributed by atoms with Crippen molar-refractivity contribution >= 4 is 64.8 Å². The Morgan fingerprint density at radius 1 is 0.767 bits per heavy atom. The molecule has 15 nitrogen and oxygen atoms in total. The number of hydrogen-bond acceptors (Lipinski definition) is 13. The molecule has 0 aliphatic carbocycles. The molecule has 0 saturated heterocycles. The van der Waals surface area contributed by atoms with Crippen LogP contribution >= 0.6 is 22.7 Å². The molecule has 158 valence electrons. The van der Waals surface area contributed by atoms with Crippen LogP contribution in [0.3, 0.4) is 0 Å². The van der Waals surface area contributed by atoms with Crippen LogP contribution in [-0.2, 0) is 20.0 Å². The number of anilines is 2. The van der Waals surface area contributed by atoms with E-state index < -0.39 is 40.5 Å². The molecule has 6 N–H and O–H groups in total. The summed E-state index contributed by atoms with van der Waals surface area (Å²) in [5.41, 5.74) is -0.394. The number of hydrogen-bond donors (Lipinski definition) is 4. The molecule has 0 spiro atoms. The summed E-state index contributed by atoms with van der Waals surface area (Å²) in [4.78, 5) is 28.4. The highest BCUT2D eigenvalue weighted by Crippen LogP contribution is 2.20. The summed E-state index contributed by atoms with van der Waals surface area (Å²) in [6.07, 6.45) is 0. The fraction of sp³-hybridized carbons (Fsp3) is 0. The highest BCUT2D eigenvalue weighted by Gasteiger charge is 2.20. The maximum atomic E-state index is 12.3. The standard InChI is InChI=1S/C11H9N9O6S4/c12-29(23,24)10-19-17-8(27-10)15-6(21)4-2-1-3-5(14-4)7(22)16-9-18-20-11(28-9)30(13,25)26/h1-3H,(H2,12,23,24)(H2,13,25,26)(H,15,17,21)(H,16,18,22). The van der Waals surface area contributed by atoms with Crippen molar-refractivity contribution in [1.29, 1.82) is 0 Å². The molecule has 0 aromatic carbocycles. The van der Waals surface area contributed by atoms with Gasteiger partial charge in [-0.1, -0.05) is 28.7 Å². The van der Waals surface area contributed by atoms with E-state index in [-0.39, 0.29) is 21.7 Å². The van der Waals surface area contributed by atoms with Gasteiger partial charge in [0.1, 0.15) is 11.4 Å². The molecule has 0 bridgehead atoms. The Bertz CT molecular complexity index is 1250. The highest BCUT2D eigenvalue weighted by molar-refractivity contribution is 7.91. The molecular weight excluding hydrogens is 482 g/mol. The molecule has 0 saturated carbocycles. The number of amides is 2. The van der Waals surface area contributed by atoms with E-state index in [0.29, 0.717) is 22.7 Å². The molecule has 0 radical (unpaired) electrons. The summed E-state index contributed by atoms with van der Waals surface area (Å²) in [5.74, 6) is -1.59. The fourth-order valence-corrected chi connectivity index (χ4v) is 4.42. The van der Waals surface area contributed by atoms with E-state index in [4.69, 9.17) is 10.3 Å². The number of primary sulfonamides is 2. The van der Waals surface area contributed by atoms with Crippen LogP contribution in [0.2, 0.25) is 0 Å². The Morgan fingerprint density at radius 3 is 1.50 bits per heavy atom. The zero-order valence-electron chi connectivity index (χ0n) is 14.2. The van der Waals surface area contributed by atoms with Crippen molar-refractivity contribution in [3.8, 4) is 0 Å². The molecule has 0 unspecified atom stereocenters. The summed E-state index contributed by atoms with van der Waals surface area (Å²) in [5, 5.41) is 27.7. The zero-order valence-corrected chi connectivity index (χ0v) is 17.5. The molecule has 3 rings (SSSR count). The van der Waals surface area contributed by atoms with Crippen molar-refractivity contribution in [1.82, 2.24) is 25.4 Å². The van der Waals surface area contributed by atoms with Crippen LogP contribution in [0, 0.1) is 0 Å². The Labute approximate surface area is 175 Å². The first-order chi connectivity index (χ1) is 13.9. The Morgan fingerprint density at radius 2 is 1.17 bits per heavy atom. The van der Waals surface area contributed by atoms with Crippen LogP contribution in [-0.4, -0.2) is 54.0 Å². The van der Waals surface area contributed by atoms with Gasteiger partial charge in [0, 0.05) is 0 Å². The molecule has 19 heteroatoms. The van der Waals surface area contributed by atoms with Crippen molar-refractivity contribution in [3.63, 3.8) is 0 Å². The topological polar surface area (TPSA) is 243 Å². The monoisotopic (exact) mass is 491 g/mol. The van der Waals surface area contributed by atoms with Crippen molar-refractivity contribution in [2.75, 3.05) is 10.6 Å². The summed E-state index contributed by atoms with van der Waals surface area (Å²) in [6.45, 7) is 0. The maximum Gasteiger partial charge on any atom is 0.276 e. The number of rotatable bonds is 6. The molecule has 0 fully saturated rings. The van der Waals surface area contributed by atoms with Gasteiger partial charge in [0.05, 0.1) is 0 Å². The second-order valence-electron chi connectivity index (χ2n) is 5.15. The third-order valence-electron chi connectivity index (χ3n) is 2.96. The number of nitrogens with zero attached hydrogens (tertiary/aromatic N) is 5. The number of sulfonamides is 2. The van der Waals surface area contributed by atoms with E-state index >= 15 is 0 Å². The molecule has 3 aromatic heterocycles. The van der Waals surface area contributed by atoms with Crippen LogP contribution in [0.15, 0.2) is 26.9 Å². The molecule has 3 aromatic rings. The summed E-state index contributed by atoms with van der Waals surface area (Å²) in [7, 11) is -8.14. The SMILES string of the molecule is NS(=O)(=O)c1nnc(NC(=O)c2cccc(C(=O)Nc3nnc(S(N)(=O)=O)s3)n2)s1. The van der Waals surface area contributed by atoms with Crippen molar-refractivity contribution < 1.29 is 26.4 Å². The van der Waals surface area contributed by atoms with Gasteiger partial charge in [-0.3, -0.25) is 20.2 Å². The lowest BCUT2D eigenvalue weighted by Crippen LogP contribution is -2.18. The first kappa shape index (κ1) is 21.7. The molecule has 0 aliphatic rings. The van der Waals surface area contributed by atoms with Crippen LogP contribution in [0.25, 0.3) is 0 Å². The Balaban J connectivity index is 1.73. The van der Waals surface area contributed by atoms with E-state index in [1.165, 1.54) is 18.2 Å². The second kappa shape index (κ2) is 8.04. The normalized spacial score (nSPS) is 11.8. The van der Waals surface area contributed by atoms with E-state index in [1.54, 1.807) is 0 Å². The van der Waals surface area contributed by atoms with Gasteiger partial charge in [0.15, 0.2) is 0 Å². The van der Waals surface area contributed by atoms with Gasteiger partial charge in [-0.05, 0) is 12.1 Å². The quantitative estimate of drug-likeness (QED) is 0.291. The highest BCUT2D eigenvalue weighted by atomic mass is 32.3. The molecule has 0 aliphatic heterocycles. The molecule has 3 heterocycles. The van der Waals surface area contributed by atoms with E-state index in [9.17, 15) is 26.4 Å². The first-order valence-corrected chi connectivity index (χ1v) is 12.0. The smallest absolute Gasteiger partial charge is 0.276 e. The third kappa shape index (κ3) is 5.14. The predicted molar refractivity (Wildman–Crippen MR) is 103 cm³/mol. The lowest BCUT2D eigenvalue weighted by Gasteiger charge is -2.04. The molecule has 2 amide bonds. The summed E-state index contributed by atoms with van der Waals surface area (Å²) >= 11 is 1.06. The van der Waals surface area contributed by atoms with Crippen LogP contribution < -0.4 is 20.9 Å². The molecular formula is C11H9N9O6S4. The van der Waals surface area contributed by atoms with E-state index in [1.807, 2.05) is 0 Å². The number of carbonyl (C=O) groups excluding carboxylic acids is 2. The Kier molecular flexibility index (Phi) is 5.83. The van der Waals surface area contributed by atoms with Gasteiger partial charge in [-0.2, -0.15) is 0 Å². The summed E-state index contributed by atoms with van der Waals surface area (Å²) in [6, 6.07) is 3.94. The molecule has 30 heavy (non-hydrogen) atoms. The van der Waals surface area contributed by atoms with Crippen molar-refractivity contribution in [2.45, 2.75) is 8.68 Å². The lowest BCUT2D eigenvalue weighted by atomic mass is 10.3. The van der Waals surface area contributed by atoms with E-state index in [2.05, 4.69) is 36.0 Å². The van der Waals surface area contributed by atoms with Gasteiger partial charge >= 0.3 is 0 Å². The predicted octanol–water partition coefficient (Wildman–Crippen LogP) is -1.42. The summed E-state index contributed by atoms with van der Waals surface area (Å²) < 4.78 is 43.8. The lowest BCUT2D eigenvalue weighted by molar-refractivity contribution is 0.101. The van der Waals surface area contributed by atoms with Crippen molar-refractivity contribution in [3.05, 3.63) is 29.6 Å². The zero-order chi connectivity index (χ0) is 22.1. The fourth-order valence-electron chi connectivity index (χ4n) is 1.76. The van der Waals surface area contributed by atoms with Gasteiger partial charge in [0.2, 0.25) is 18.9 Å². The average Bonchev–Trinajstić information content (AvgIpc) is 3.31. The van der Waals surface area contributed by atoms with E-state index in [0.717, 1.165) is 0 Å². The number of carbonyl (C=O) groups is 2. The molecule has 0 atom stereocenters. The van der Waals surface area contributed by atoms with Gasteiger partial charge < -0.3 is 0 Å². The van der Waals surface area contributed by atoms with Gasteiger partial charge in [-0.25, -0.2) is 32.1 Å². The van der Waals surface area contributed by atoms with Gasteiger partial charge in [-0.15, -0.1) is 20.4 Å². The number of nitrogens with two attached hydrogens (primary N) is 2. The minimum Gasteiger partial charge on any atom is -0.295 e. The largest absolute Gasteiger partial charge is 0.295 e.